The van der Waals surface area contributed by atoms with Gasteiger partial charge in [0.2, 0.25) is 0 Å². The maximum Gasteiger partial charge on any atom is 0.0503 e. The predicted molar refractivity (Wildman–Crippen MR) is 112 cm³/mol. The summed E-state index contributed by atoms with van der Waals surface area (Å²) >= 11 is 1.94. The molecular formula is C23H21NS. The molecule has 5 aromatic rings. The molecule has 0 bridgehead atoms. The Morgan fingerprint density at radius 1 is 0.760 bits per heavy atom. The highest BCUT2D eigenvalue weighted by molar-refractivity contribution is 7.26. The topological polar surface area (TPSA) is 4.93 Å². The first-order valence-corrected chi connectivity index (χ1v) is 9.60. The smallest absolute Gasteiger partial charge is 0.0503 e. The zero-order chi connectivity index (χ0) is 17.3. The second kappa shape index (κ2) is 4.86. The minimum atomic E-state index is 0.159. The van der Waals surface area contributed by atoms with Crippen molar-refractivity contribution in [2.75, 3.05) is 0 Å². The zero-order valence-corrected chi connectivity index (χ0v) is 15.9. The summed E-state index contributed by atoms with van der Waals surface area (Å²) in [7, 11) is 2.17. The Morgan fingerprint density at radius 3 is 2.32 bits per heavy atom. The van der Waals surface area contributed by atoms with Crippen LogP contribution in [0.3, 0.4) is 0 Å². The number of para-hydroxylation sites is 1. The molecule has 0 saturated carbocycles. The lowest BCUT2D eigenvalue weighted by Crippen LogP contribution is -2.10. The fourth-order valence-electron chi connectivity index (χ4n) is 4.04. The third-order valence-corrected chi connectivity index (χ3v) is 6.54. The van der Waals surface area contributed by atoms with Gasteiger partial charge in [0.15, 0.2) is 0 Å². The fraction of sp³-hybridized carbons (Fsp3) is 0.217. The van der Waals surface area contributed by atoms with E-state index in [-0.39, 0.29) is 5.41 Å². The van der Waals surface area contributed by atoms with Crippen molar-refractivity contribution in [1.29, 1.82) is 0 Å². The molecule has 0 fully saturated rings. The fourth-order valence-corrected chi connectivity index (χ4v) is 5.48. The van der Waals surface area contributed by atoms with Crippen molar-refractivity contribution in [3.63, 3.8) is 0 Å². The van der Waals surface area contributed by atoms with E-state index in [1.165, 1.54) is 47.5 Å². The number of nitrogens with zero attached hydrogens (tertiary/aromatic N) is 1. The van der Waals surface area contributed by atoms with Crippen LogP contribution in [0.2, 0.25) is 0 Å². The largest absolute Gasteiger partial charge is 0.344 e. The minimum absolute atomic E-state index is 0.159. The van der Waals surface area contributed by atoms with Gasteiger partial charge in [-0.1, -0.05) is 57.2 Å². The second-order valence-corrected chi connectivity index (χ2v) is 9.03. The highest BCUT2D eigenvalue weighted by atomic mass is 32.1. The van der Waals surface area contributed by atoms with Crippen LogP contribution in [-0.2, 0) is 12.5 Å². The van der Waals surface area contributed by atoms with E-state index in [2.05, 4.69) is 87.0 Å². The molecule has 0 unspecified atom stereocenters. The van der Waals surface area contributed by atoms with E-state index in [9.17, 15) is 0 Å². The highest BCUT2D eigenvalue weighted by Gasteiger charge is 2.20. The van der Waals surface area contributed by atoms with Crippen LogP contribution in [-0.4, -0.2) is 4.57 Å². The quantitative estimate of drug-likeness (QED) is 0.285. The van der Waals surface area contributed by atoms with Gasteiger partial charge in [-0.25, -0.2) is 0 Å². The van der Waals surface area contributed by atoms with E-state index >= 15 is 0 Å². The van der Waals surface area contributed by atoms with Crippen molar-refractivity contribution in [2.45, 2.75) is 26.2 Å². The van der Waals surface area contributed by atoms with Crippen LogP contribution in [0.1, 0.15) is 26.3 Å². The van der Waals surface area contributed by atoms with Crippen LogP contribution in [0.4, 0.5) is 0 Å². The van der Waals surface area contributed by atoms with Gasteiger partial charge in [-0.05, 0) is 29.2 Å². The normalized spacial score (nSPS) is 12.8. The summed E-state index contributed by atoms with van der Waals surface area (Å²) < 4.78 is 5.13. The van der Waals surface area contributed by atoms with Crippen LogP contribution in [0.5, 0.6) is 0 Å². The standard InChI is InChI=1S/C23H21NS/c1-23(2,3)18-10-7-9-15-17-12-16-14-8-5-6-11-19(14)24(4)20(16)13-21(17)25-22(15)18/h5-13H,1-4H3. The third-order valence-electron chi connectivity index (χ3n) is 5.34. The molecule has 3 aromatic carbocycles. The Morgan fingerprint density at radius 2 is 1.52 bits per heavy atom. The van der Waals surface area contributed by atoms with Gasteiger partial charge in [-0.15, -0.1) is 11.3 Å². The Labute approximate surface area is 151 Å². The number of hydrogen-bond donors (Lipinski definition) is 0. The van der Waals surface area contributed by atoms with Gasteiger partial charge in [0.25, 0.3) is 0 Å². The third kappa shape index (κ3) is 2.01. The molecular weight excluding hydrogens is 322 g/mol. The molecule has 2 heterocycles. The molecule has 124 valence electrons. The Bertz CT molecular complexity index is 1280. The Hall–Kier alpha value is -2.32. The summed E-state index contributed by atoms with van der Waals surface area (Å²) in [5, 5.41) is 5.47. The average molecular weight is 343 g/mol. The predicted octanol–water partition coefficient (Wildman–Crippen LogP) is 7.00. The first-order valence-electron chi connectivity index (χ1n) is 8.78. The van der Waals surface area contributed by atoms with Crippen molar-refractivity contribution in [1.82, 2.24) is 4.57 Å². The van der Waals surface area contributed by atoms with Gasteiger partial charge in [-0.2, -0.15) is 0 Å². The summed E-state index contributed by atoms with van der Waals surface area (Å²) in [5.74, 6) is 0. The minimum Gasteiger partial charge on any atom is -0.344 e. The molecule has 2 aromatic heterocycles. The van der Waals surface area contributed by atoms with E-state index in [0.717, 1.165) is 0 Å². The maximum atomic E-state index is 2.40. The average Bonchev–Trinajstić information content (AvgIpc) is 3.08. The first-order chi connectivity index (χ1) is 11.9. The van der Waals surface area contributed by atoms with Gasteiger partial charge in [-0.3, -0.25) is 0 Å². The maximum absolute atomic E-state index is 2.40. The molecule has 2 heteroatoms. The molecule has 0 amide bonds. The molecule has 25 heavy (non-hydrogen) atoms. The second-order valence-electron chi connectivity index (χ2n) is 7.98. The van der Waals surface area contributed by atoms with Gasteiger partial charge >= 0.3 is 0 Å². The van der Waals surface area contributed by atoms with Crippen molar-refractivity contribution in [3.8, 4) is 0 Å². The lowest BCUT2D eigenvalue weighted by molar-refractivity contribution is 0.597. The van der Waals surface area contributed by atoms with E-state index in [1.54, 1.807) is 0 Å². The Balaban J connectivity index is 1.98. The highest BCUT2D eigenvalue weighted by Crippen LogP contribution is 2.42. The van der Waals surface area contributed by atoms with Crippen LogP contribution in [0.15, 0.2) is 54.6 Å². The molecule has 1 nitrogen and oxygen atoms in total. The van der Waals surface area contributed by atoms with Crippen molar-refractivity contribution in [2.24, 2.45) is 7.05 Å². The lowest BCUT2D eigenvalue weighted by Gasteiger charge is -2.19. The summed E-state index contributed by atoms with van der Waals surface area (Å²) in [6.45, 7) is 6.91. The molecule has 0 aliphatic carbocycles. The van der Waals surface area contributed by atoms with Crippen LogP contribution >= 0.6 is 11.3 Å². The van der Waals surface area contributed by atoms with Gasteiger partial charge in [0.1, 0.15) is 0 Å². The van der Waals surface area contributed by atoms with Crippen molar-refractivity contribution in [3.05, 3.63) is 60.2 Å². The molecule has 0 N–H and O–H groups in total. The van der Waals surface area contributed by atoms with E-state index in [1.807, 2.05) is 11.3 Å². The van der Waals surface area contributed by atoms with Crippen molar-refractivity contribution >= 4 is 53.3 Å². The number of rotatable bonds is 0. The molecule has 0 aliphatic rings. The monoisotopic (exact) mass is 343 g/mol. The van der Waals surface area contributed by atoms with Crippen LogP contribution in [0.25, 0.3) is 42.0 Å². The number of hydrogen-bond acceptors (Lipinski definition) is 1. The van der Waals surface area contributed by atoms with Gasteiger partial charge in [0.05, 0.1) is 5.52 Å². The van der Waals surface area contributed by atoms with E-state index in [4.69, 9.17) is 0 Å². The molecule has 5 rings (SSSR count). The SMILES string of the molecule is Cn1c2ccccc2c2cc3c(cc21)sc1c(C(C)(C)C)cccc13. The summed E-state index contributed by atoms with van der Waals surface area (Å²) in [6.07, 6.45) is 0. The number of aryl methyl sites for hydroxylation is 1. The number of aromatic nitrogens is 1. The molecule has 0 aliphatic heterocycles. The summed E-state index contributed by atoms with van der Waals surface area (Å²) in [4.78, 5) is 0. The van der Waals surface area contributed by atoms with Gasteiger partial charge < -0.3 is 4.57 Å². The Kier molecular flexibility index (Phi) is 2.91. The van der Waals surface area contributed by atoms with E-state index in [0.29, 0.717) is 0 Å². The summed E-state index contributed by atoms with van der Waals surface area (Å²) in [5.41, 5.74) is 4.22. The number of fused-ring (bicyclic) bond motifs is 6. The zero-order valence-electron chi connectivity index (χ0n) is 15.1. The molecule has 0 saturated heterocycles. The number of thiophene rings is 1. The summed E-state index contributed by atoms with van der Waals surface area (Å²) in [6, 6.07) is 20.2. The van der Waals surface area contributed by atoms with Gasteiger partial charge in [0, 0.05) is 43.5 Å². The first kappa shape index (κ1) is 15.0. The van der Waals surface area contributed by atoms with E-state index < -0.39 is 0 Å². The van der Waals surface area contributed by atoms with Crippen LogP contribution < -0.4 is 0 Å². The number of benzene rings is 3. The molecule has 0 radical (unpaired) electrons. The molecule has 0 spiro atoms. The molecule has 0 atom stereocenters. The van der Waals surface area contributed by atoms with Crippen LogP contribution in [0, 0.1) is 0 Å². The lowest BCUT2D eigenvalue weighted by atomic mass is 9.86. The van der Waals surface area contributed by atoms with Crippen molar-refractivity contribution < 1.29 is 0 Å².